The van der Waals surface area contributed by atoms with Gasteiger partial charge in [0.2, 0.25) is 15.9 Å². The molecular weight excluding hydrogens is 400 g/mol. The fraction of sp³-hybridized carbons (Fsp3) is 0.435. The van der Waals surface area contributed by atoms with Crippen LogP contribution in [0, 0.1) is 13.8 Å². The molecule has 1 amide bonds. The number of carbonyl (C=O) groups is 1. The number of amides is 1. The molecule has 0 saturated heterocycles. The van der Waals surface area contributed by atoms with Crippen LogP contribution in [0.25, 0.3) is 0 Å². The van der Waals surface area contributed by atoms with Gasteiger partial charge >= 0.3 is 0 Å². The summed E-state index contributed by atoms with van der Waals surface area (Å²) in [4.78, 5) is 13.2. The Hall–Kier alpha value is -2.54. The highest BCUT2D eigenvalue weighted by Gasteiger charge is 2.32. The standard InChI is InChI=1S/C23H32N2O4S/c1-7-21(18-13-12-16(3)17(4)14-18)24-23(26)22(8-2)25(30(6,27)28)19-10-9-11-20(15-19)29-5/h9-15,21-22H,7-8H2,1-6H3,(H,24,26)/t21-,22-/m1/s1. The Morgan fingerprint density at radius 3 is 2.30 bits per heavy atom. The van der Waals surface area contributed by atoms with Gasteiger partial charge in [0.05, 0.1) is 25.1 Å². The van der Waals surface area contributed by atoms with E-state index in [-0.39, 0.29) is 11.9 Å². The van der Waals surface area contributed by atoms with E-state index in [0.29, 0.717) is 24.3 Å². The van der Waals surface area contributed by atoms with Gasteiger partial charge in [0.25, 0.3) is 0 Å². The average molecular weight is 433 g/mol. The van der Waals surface area contributed by atoms with Crippen LogP contribution in [0.2, 0.25) is 0 Å². The molecule has 30 heavy (non-hydrogen) atoms. The molecule has 2 atom stereocenters. The van der Waals surface area contributed by atoms with E-state index in [1.165, 1.54) is 17.0 Å². The normalized spacial score (nSPS) is 13.4. The molecule has 1 N–H and O–H groups in total. The second-order valence-electron chi connectivity index (χ2n) is 7.50. The lowest BCUT2D eigenvalue weighted by Crippen LogP contribution is -2.50. The summed E-state index contributed by atoms with van der Waals surface area (Å²) >= 11 is 0. The maximum absolute atomic E-state index is 13.2. The van der Waals surface area contributed by atoms with Gasteiger partial charge < -0.3 is 10.1 Å². The molecule has 0 unspecified atom stereocenters. The largest absolute Gasteiger partial charge is 0.497 e. The average Bonchev–Trinajstić information content (AvgIpc) is 2.71. The van der Waals surface area contributed by atoms with Crippen molar-refractivity contribution in [2.24, 2.45) is 0 Å². The third-order valence-corrected chi connectivity index (χ3v) is 6.48. The number of nitrogens with zero attached hydrogens (tertiary/aromatic N) is 1. The van der Waals surface area contributed by atoms with Gasteiger partial charge in [0.1, 0.15) is 11.8 Å². The minimum atomic E-state index is -3.70. The predicted octanol–water partition coefficient (Wildman–Crippen LogP) is 4.12. The summed E-state index contributed by atoms with van der Waals surface area (Å²) in [5, 5.41) is 3.06. The summed E-state index contributed by atoms with van der Waals surface area (Å²) in [6.45, 7) is 7.89. The first-order valence-corrected chi connectivity index (χ1v) is 12.0. The zero-order valence-electron chi connectivity index (χ0n) is 18.6. The smallest absolute Gasteiger partial charge is 0.244 e. The van der Waals surface area contributed by atoms with Crippen molar-refractivity contribution in [1.29, 1.82) is 0 Å². The summed E-state index contributed by atoms with van der Waals surface area (Å²) in [5.74, 6) is 0.203. The number of nitrogens with one attached hydrogen (secondary N) is 1. The molecule has 0 aliphatic rings. The maximum atomic E-state index is 13.2. The van der Waals surface area contributed by atoms with E-state index in [1.54, 1.807) is 31.2 Å². The molecule has 0 spiro atoms. The highest BCUT2D eigenvalue weighted by Crippen LogP contribution is 2.27. The molecule has 6 nitrogen and oxygen atoms in total. The monoisotopic (exact) mass is 432 g/mol. The number of carbonyl (C=O) groups excluding carboxylic acids is 1. The summed E-state index contributed by atoms with van der Waals surface area (Å²) in [7, 11) is -2.18. The van der Waals surface area contributed by atoms with Gasteiger partial charge in [-0.2, -0.15) is 0 Å². The molecule has 0 radical (unpaired) electrons. The Morgan fingerprint density at radius 1 is 1.07 bits per heavy atom. The minimum absolute atomic E-state index is 0.197. The van der Waals surface area contributed by atoms with E-state index in [4.69, 9.17) is 4.74 Å². The van der Waals surface area contributed by atoms with Gasteiger partial charge in [-0.1, -0.05) is 38.1 Å². The number of hydrogen-bond acceptors (Lipinski definition) is 4. The van der Waals surface area contributed by atoms with Gasteiger partial charge in [-0.25, -0.2) is 8.42 Å². The van der Waals surface area contributed by atoms with Gasteiger partial charge in [-0.3, -0.25) is 9.10 Å². The molecule has 0 aromatic heterocycles. The van der Waals surface area contributed by atoms with Crippen molar-refractivity contribution >= 4 is 21.6 Å². The van der Waals surface area contributed by atoms with Crippen LogP contribution in [-0.4, -0.2) is 33.7 Å². The number of sulfonamides is 1. The third kappa shape index (κ3) is 5.53. The third-order valence-electron chi connectivity index (χ3n) is 5.30. The summed E-state index contributed by atoms with van der Waals surface area (Å²) in [5.41, 5.74) is 3.75. The van der Waals surface area contributed by atoms with Crippen molar-refractivity contribution in [2.75, 3.05) is 17.7 Å². The molecule has 0 saturated carbocycles. The molecule has 0 heterocycles. The fourth-order valence-corrected chi connectivity index (χ4v) is 4.68. The van der Waals surface area contributed by atoms with Crippen LogP contribution < -0.4 is 14.4 Å². The Bertz CT molecular complexity index is 988. The first-order chi connectivity index (χ1) is 14.1. The number of hydrogen-bond donors (Lipinski definition) is 1. The number of methoxy groups -OCH3 is 1. The highest BCUT2D eigenvalue weighted by molar-refractivity contribution is 7.92. The lowest BCUT2D eigenvalue weighted by Gasteiger charge is -2.31. The number of benzene rings is 2. The van der Waals surface area contributed by atoms with Crippen LogP contribution in [0.15, 0.2) is 42.5 Å². The Kier molecular flexibility index (Phi) is 7.89. The lowest BCUT2D eigenvalue weighted by molar-refractivity contribution is -0.123. The maximum Gasteiger partial charge on any atom is 0.244 e. The van der Waals surface area contributed by atoms with Crippen molar-refractivity contribution in [3.8, 4) is 5.75 Å². The Morgan fingerprint density at radius 2 is 1.77 bits per heavy atom. The first-order valence-electron chi connectivity index (χ1n) is 10.1. The number of rotatable bonds is 9. The van der Waals surface area contributed by atoms with Gasteiger partial charge in [0, 0.05) is 6.07 Å². The van der Waals surface area contributed by atoms with E-state index >= 15 is 0 Å². The molecule has 2 rings (SSSR count). The minimum Gasteiger partial charge on any atom is -0.497 e. The molecule has 2 aromatic carbocycles. The zero-order valence-corrected chi connectivity index (χ0v) is 19.4. The molecule has 0 aliphatic heterocycles. The second kappa shape index (κ2) is 9.98. The van der Waals surface area contributed by atoms with Gasteiger partial charge in [-0.05, 0) is 55.5 Å². The number of ether oxygens (including phenoxy) is 1. The van der Waals surface area contributed by atoms with Gasteiger partial charge in [-0.15, -0.1) is 0 Å². The van der Waals surface area contributed by atoms with Crippen molar-refractivity contribution < 1.29 is 17.9 Å². The summed E-state index contributed by atoms with van der Waals surface area (Å²) < 4.78 is 31.7. The van der Waals surface area contributed by atoms with E-state index in [9.17, 15) is 13.2 Å². The molecular formula is C23H32N2O4S. The predicted molar refractivity (Wildman–Crippen MR) is 121 cm³/mol. The molecule has 0 fully saturated rings. The Labute approximate surface area is 180 Å². The van der Waals surface area contributed by atoms with E-state index < -0.39 is 16.1 Å². The SMILES string of the molecule is CC[C@H](C(=O)N[C@H](CC)c1ccc(C)c(C)c1)N(c1cccc(OC)c1)S(C)(=O)=O. The number of aryl methyl sites for hydroxylation is 2. The molecule has 0 aliphatic carbocycles. The van der Waals surface area contributed by atoms with E-state index in [0.717, 1.165) is 17.4 Å². The molecule has 0 bridgehead atoms. The molecule has 2 aromatic rings. The van der Waals surface area contributed by atoms with Crippen LogP contribution in [0.5, 0.6) is 5.75 Å². The Balaban J connectivity index is 2.37. The van der Waals surface area contributed by atoms with Crippen LogP contribution in [0.4, 0.5) is 5.69 Å². The van der Waals surface area contributed by atoms with Crippen LogP contribution >= 0.6 is 0 Å². The van der Waals surface area contributed by atoms with E-state index in [2.05, 4.69) is 11.4 Å². The van der Waals surface area contributed by atoms with Crippen molar-refractivity contribution in [1.82, 2.24) is 5.32 Å². The van der Waals surface area contributed by atoms with E-state index in [1.807, 2.05) is 32.9 Å². The number of anilines is 1. The second-order valence-corrected chi connectivity index (χ2v) is 9.36. The fourth-order valence-electron chi connectivity index (χ4n) is 3.48. The van der Waals surface area contributed by atoms with Crippen LogP contribution in [0.1, 0.15) is 49.4 Å². The van der Waals surface area contributed by atoms with Crippen molar-refractivity contribution in [2.45, 2.75) is 52.6 Å². The summed E-state index contributed by atoms with van der Waals surface area (Å²) in [6, 6.07) is 11.8. The lowest BCUT2D eigenvalue weighted by atomic mass is 9.99. The van der Waals surface area contributed by atoms with Gasteiger partial charge in [0.15, 0.2) is 0 Å². The van der Waals surface area contributed by atoms with Crippen molar-refractivity contribution in [3.63, 3.8) is 0 Å². The van der Waals surface area contributed by atoms with Crippen molar-refractivity contribution in [3.05, 3.63) is 59.2 Å². The topological polar surface area (TPSA) is 75.7 Å². The quantitative estimate of drug-likeness (QED) is 0.647. The first kappa shape index (κ1) is 23.7. The highest BCUT2D eigenvalue weighted by atomic mass is 32.2. The molecule has 164 valence electrons. The van der Waals surface area contributed by atoms with Crippen LogP contribution in [-0.2, 0) is 14.8 Å². The molecule has 7 heteroatoms. The zero-order chi connectivity index (χ0) is 22.5. The summed E-state index contributed by atoms with van der Waals surface area (Å²) in [6.07, 6.45) is 2.14. The van der Waals surface area contributed by atoms with Crippen LogP contribution in [0.3, 0.4) is 0 Å².